The SMILES string of the molecule is [c]1ncccc1Cc1ccc2c(c1)OCO2. The highest BCUT2D eigenvalue weighted by atomic mass is 16.7. The van der Waals surface area contributed by atoms with Crippen molar-refractivity contribution in [3.05, 3.63) is 53.9 Å². The molecule has 1 aromatic heterocycles. The zero-order valence-electron chi connectivity index (χ0n) is 8.64. The average molecular weight is 212 g/mol. The second kappa shape index (κ2) is 3.85. The predicted molar refractivity (Wildman–Crippen MR) is 58.4 cm³/mol. The summed E-state index contributed by atoms with van der Waals surface area (Å²) in [7, 11) is 0. The van der Waals surface area contributed by atoms with Crippen molar-refractivity contribution in [3.8, 4) is 11.5 Å². The van der Waals surface area contributed by atoms with E-state index >= 15 is 0 Å². The molecule has 0 fully saturated rings. The zero-order chi connectivity index (χ0) is 10.8. The molecular formula is C13H10NO2. The summed E-state index contributed by atoms with van der Waals surface area (Å²) in [5, 5.41) is 0. The van der Waals surface area contributed by atoms with Gasteiger partial charge in [-0.25, -0.2) is 0 Å². The first kappa shape index (κ1) is 9.21. The molecule has 0 aliphatic carbocycles. The van der Waals surface area contributed by atoms with Crippen LogP contribution in [0.1, 0.15) is 11.1 Å². The monoisotopic (exact) mass is 212 g/mol. The molecule has 0 N–H and O–H groups in total. The van der Waals surface area contributed by atoms with Crippen LogP contribution in [0.5, 0.6) is 11.5 Å². The summed E-state index contributed by atoms with van der Waals surface area (Å²) in [5.41, 5.74) is 2.25. The third kappa shape index (κ3) is 1.72. The summed E-state index contributed by atoms with van der Waals surface area (Å²) in [4.78, 5) is 3.97. The van der Waals surface area contributed by atoms with Crippen LogP contribution in [0, 0.1) is 6.20 Å². The molecular weight excluding hydrogens is 202 g/mol. The minimum Gasteiger partial charge on any atom is -0.454 e. The molecule has 0 atom stereocenters. The third-order valence-electron chi connectivity index (χ3n) is 2.50. The molecule has 1 radical (unpaired) electrons. The molecule has 0 amide bonds. The summed E-state index contributed by atoms with van der Waals surface area (Å²) in [5.74, 6) is 1.64. The summed E-state index contributed by atoms with van der Waals surface area (Å²) in [6.07, 6.45) is 5.50. The molecule has 1 aliphatic rings. The topological polar surface area (TPSA) is 31.4 Å². The van der Waals surface area contributed by atoms with Crippen LogP contribution in [0.2, 0.25) is 0 Å². The van der Waals surface area contributed by atoms with E-state index < -0.39 is 0 Å². The Balaban J connectivity index is 1.86. The van der Waals surface area contributed by atoms with Crippen molar-refractivity contribution in [2.24, 2.45) is 0 Å². The molecule has 0 spiro atoms. The number of benzene rings is 1. The third-order valence-corrected chi connectivity index (χ3v) is 2.50. The first-order valence-electron chi connectivity index (χ1n) is 5.12. The van der Waals surface area contributed by atoms with E-state index in [0.29, 0.717) is 6.79 Å². The molecule has 0 saturated heterocycles. The van der Waals surface area contributed by atoms with Gasteiger partial charge in [0.05, 0.1) is 6.20 Å². The Hall–Kier alpha value is -2.03. The Morgan fingerprint density at radius 2 is 2.12 bits per heavy atom. The molecule has 3 rings (SSSR count). The Kier molecular flexibility index (Phi) is 2.22. The number of pyridine rings is 1. The predicted octanol–water partition coefficient (Wildman–Crippen LogP) is 2.20. The van der Waals surface area contributed by atoms with Gasteiger partial charge in [0.15, 0.2) is 11.5 Å². The van der Waals surface area contributed by atoms with Crippen molar-refractivity contribution in [2.75, 3.05) is 6.79 Å². The Morgan fingerprint density at radius 3 is 3.00 bits per heavy atom. The minimum atomic E-state index is 0.317. The van der Waals surface area contributed by atoms with E-state index in [2.05, 4.69) is 11.2 Å². The van der Waals surface area contributed by atoms with Crippen molar-refractivity contribution >= 4 is 0 Å². The molecule has 0 bridgehead atoms. The Labute approximate surface area is 93.7 Å². The number of rotatable bonds is 2. The summed E-state index contributed by atoms with van der Waals surface area (Å²) < 4.78 is 10.6. The molecule has 1 aromatic carbocycles. The van der Waals surface area contributed by atoms with Gasteiger partial charge in [-0.2, -0.15) is 0 Å². The van der Waals surface area contributed by atoms with E-state index in [1.165, 1.54) is 5.56 Å². The van der Waals surface area contributed by atoms with E-state index in [1.54, 1.807) is 6.20 Å². The molecule has 2 heterocycles. The highest BCUT2D eigenvalue weighted by Crippen LogP contribution is 2.32. The largest absolute Gasteiger partial charge is 0.454 e. The van der Waals surface area contributed by atoms with Crippen LogP contribution in [0.3, 0.4) is 0 Å². The van der Waals surface area contributed by atoms with E-state index in [0.717, 1.165) is 23.5 Å². The quantitative estimate of drug-likeness (QED) is 0.764. The Bertz CT molecular complexity index is 497. The number of nitrogens with zero attached hydrogens (tertiary/aromatic N) is 1. The lowest BCUT2D eigenvalue weighted by molar-refractivity contribution is 0.174. The highest BCUT2D eigenvalue weighted by molar-refractivity contribution is 5.45. The van der Waals surface area contributed by atoms with Gasteiger partial charge >= 0.3 is 0 Å². The van der Waals surface area contributed by atoms with Crippen LogP contribution < -0.4 is 9.47 Å². The summed E-state index contributed by atoms with van der Waals surface area (Å²) in [6, 6.07) is 9.90. The number of hydrogen-bond acceptors (Lipinski definition) is 3. The molecule has 79 valence electrons. The molecule has 3 nitrogen and oxygen atoms in total. The van der Waals surface area contributed by atoms with Gasteiger partial charge in [0, 0.05) is 6.20 Å². The van der Waals surface area contributed by atoms with Crippen molar-refractivity contribution in [1.82, 2.24) is 4.98 Å². The maximum atomic E-state index is 5.33. The summed E-state index contributed by atoms with van der Waals surface area (Å²) >= 11 is 0. The molecule has 0 saturated carbocycles. The molecule has 1 aliphatic heterocycles. The first-order valence-corrected chi connectivity index (χ1v) is 5.12. The van der Waals surface area contributed by atoms with Crippen LogP contribution in [0.15, 0.2) is 36.5 Å². The fourth-order valence-electron chi connectivity index (χ4n) is 1.73. The van der Waals surface area contributed by atoms with Crippen molar-refractivity contribution in [3.63, 3.8) is 0 Å². The van der Waals surface area contributed by atoms with Crippen LogP contribution in [-0.2, 0) is 6.42 Å². The maximum Gasteiger partial charge on any atom is 0.231 e. The Morgan fingerprint density at radius 1 is 1.19 bits per heavy atom. The van der Waals surface area contributed by atoms with E-state index in [-0.39, 0.29) is 0 Å². The molecule has 3 heteroatoms. The van der Waals surface area contributed by atoms with Crippen molar-refractivity contribution in [1.29, 1.82) is 0 Å². The van der Waals surface area contributed by atoms with Crippen LogP contribution in [-0.4, -0.2) is 11.8 Å². The van der Waals surface area contributed by atoms with Gasteiger partial charge in [0.2, 0.25) is 6.79 Å². The summed E-state index contributed by atoms with van der Waals surface area (Å²) in [6.45, 7) is 0.317. The van der Waals surface area contributed by atoms with Gasteiger partial charge in [0.1, 0.15) is 0 Å². The van der Waals surface area contributed by atoms with Gasteiger partial charge in [-0.15, -0.1) is 0 Å². The van der Waals surface area contributed by atoms with Crippen LogP contribution >= 0.6 is 0 Å². The van der Waals surface area contributed by atoms with Crippen LogP contribution in [0.25, 0.3) is 0 Å². The lowest BCUT2D eigenvalue weighted by Gasteiger charge is -2.02. The minimum absolute atomic E-state index is 0.317. The van der Waals surface area contributed by atoms with Gasteiger partial charge in [-0.1, -0.05) is 12.1 Å². The zero-order valence-corrected chi connectivity index (χ0v) is 8.64. The van der Waals surface area contributed by atoms with Crippen molar-refractivity contribution in [2.45, 2.75) is 6.42 Å². The van der Waals surface area contributed by atoms with E-state index in [1.807, 2.05) is 30.3 Å². The molecule has 0 unspecified atom stereocenters. The van der Waals surface area contributed by atoms with E-state index in [9.17, 15) is 0 Å². The van der Waals surface area contributed by atoms with Gasteiger partial charge in [-0.05, 0) is 35.7 Å². The fraction of sp³-hybridized carbons (Fsp3) is 0.154. The lowest BCUT2D eigenvalue weighted by atomic mass is 10.1. The second-order valence-corrected chi connectivity index (χ2v) is 3.64. The maximum absolute atomic E-state index is 5.33. The smallest absolute Gasteiger partial charge is 0.231 e. The fourth-order valence-corrected chi connectivity index (χ4v) is 1.73. The number of fused-ring (bicyclic) bond motifs is 1. The molecule has 16 heavy (non-hydrogen) atoms. The number of ether oxygens (including phenoxy) is 2. The van der Waals surface area contributed by atoms with Gasteiger partial charge < -0.3 is 9.47 Å². The van der Waals surface area contributed by atoms with Crippen molar-refractivity contribution < 1.29 is 9.47 Å². The highest BCUT2D eigenvalue weighted by Gasteiger charge is 2.13. The van der Waals surface area contributed by atoms with E-state index in [4.69, 9.17) is 9.47 Å². The number of aromatic nitrogens is 1. The van der Waals surface area contributed by atoms with Crippen LogP contribution in [0.4, 0.5) is 0 Å². The number of hydrogen-bond donors (Lipinski definition) is 0. The second-order valence-electron chi connectivity index (χ2n) is 3.64. The van der Waals surface area contributed by atoms with Gasteiger partial charge in [-0.3, -0.25) is 4.98 Å². The van der Waals surface area contributed by atoms with Gasteiger partial charge in [0.25, 0.3) is 0 Å². The molecule has 2 aromatic rings. The lowest BCUT2D eigenvalue weighted by Crippen LogP contribution is -1.93. The normalized spacial score (nSPS) is 12.8. The standard InChI is InChI=1S/C13H10NO2/c1-2-11(8-14-5-1)6-10-3-4-12-13(7-10)16-9-15-12/h1-5,7H,6,9H2. The average Bonchev–Trinajstić information content (AvgIpc) is 2.77. The first-order chi connectivity index (χ1) is 7.92.